The van der Waals surface area contributed by atoms with Gasteiger partial charge in [0.15, 0.2) is 0 Å². The topological polar surface area (TPSA) is 118 Å². The molecular formula is C19H19FN4O4S2. The van der Waals surface area contributed by atoms with E-state index in [4.69, 9.17) is 0 Å². The molecule has 0 spiro atoms. The number of benzene rings is 2. The van der Waals surface area contributed by atoms with Crippen molar-refractivity contribution in [3.63, 3.8) is 0 Å². The Bertz CT molecular complexity index is 1260. The van der Waals surface area contributed by atoms with Crippen molar-refractivity contribution in [2.75, 3.05) is 9.44 Å². The number of nitrogens with one attached hydrogen (secondary N) is 2. The molecule has 0 aliphatic rings. The summed E-state index contributed by atoms with van der Waals surface area (Å²) in [4.78, 5) is 7.97. The van der Waals surface area contributed by atoms with E-state index in [0.717, 1.165) is 0 Å². The predicted octanol–water partition coefficient (Wildman–Crippen LogP) is 2.98. The first-order chi connectivity index (χ1) is 14.0. The first kappa shape index (κ1) is 21.7. The van der Waals surface area contributed by atoms with Gasteiger partial charge in [-0.2, -0.15) is 0 Å². The average Bonchev–Trinajstić information content (AvgIpc) is 2.62. The van der Waals surface area contributed by atoms with E-state index in [1.165, 1.54) is 42.5 Å². The van der Waals surface area contributed by atoms with E-state index in [2.05, 4.69) is 19.4 Å². The Morgan fingerprint density at radius 2 is 1.47 bits per heavy atom. The zero-order chi connectivity index (χ0) is 21.9. The minimum Gasteiger partial charge on any atom is -0.283 e. The molecule has 0 atom stereocenters. The van der Waals surface area contributed by atoms with E-state index >= 15 is 0 Å². The number of hydrogen-bond donors (Lipinski definition) is 2. The molecular weight excluding hydrogens is 431 g/mol. The van der Waals surface area contributed by atoms with Gasteiger partial charge in [-0.15, -0.1) is 0 Å². The Morgan fingerprint density at radius 1 is 0.867 bits per heavy atom. The normalized spacial score (nSPS) is 11.8. The molecule has 30 heavy (non-hydrogen) atoms. The average molecular weight is 451 g/mol. The molecule has 8 nitrogen and oxygen atoms in total. The van der Waals surface area contributed by atoms with Gasteiger partial charge in [-0.1, -0.05) is 18.2 Å². The van der Waals surface area contributed by atoms with Gasteiger partial charge in [0.1, 0.15) is 5.82 Å². The maximum Gasteiger partial charge on any atom is 0.264 e. The Hall–Kier alpha value is -3.05. The van der Waals surface area contributed by atoms with E-state index in [1.54, 1.807) is 26.0 Å². The fourth-order valence-corrected chi connectivity index (χ4v) is 4.84. The molecule has 0 fully saturated rings. The Labute approximate surface area is 174 Å². The Morgan fingerprint density at radius 3 is 2.07 bits per heavy atom. The molecule has 158 valence electrons. The van der Waals surface area contributed by atoms with Crippen LogP contribution in [-0.2, 0) is 25.8 Å². The van der Waals surface area contributed by atoms with Gasteiger partial charge in [-0.25, -0.2) is 35.9 Å². The molecule has 0 saturated carbocycles. The second-order valence-electron chi connectivity index (χ2n) is 6.56. The third-order valence-corrected chi connectivity index (χ3v) is 6.53. The number of sulfonamides is 2. The molecule has 1 heterocycles. The Balaban J connectivity index is 1.74. The monoisotopic (exact) mass is 450 g/mol. The summed E-state index contributed by atoms with van der Waals surface area (Å²) < 4.78 is 67.9. The van der Waals surface area contributed by atoms with Crippen LogP contribution < -0.4 is 9.44 Å². The van der Waals surface area contributed by atoms with Crippen molar-refractivity contribution < 1.29 is 21.2 Å². The molecule has 0 unspecified atom stereocenters. The number of anilines is 2. The number of rotatable bonds is 7. The van der Waals surface area contributed by atoms with Gasteiger partial charge in [-0.3, -0.25) is 4.72 Å². The van der Waals surface area contributed by atoms with Gasteiger partial charge in [-0.05, 0) is 50.2 Å². The molecule has 0 saturated heterocycles. The highest BCUT2D eigenvalue weighted by Crippen LogP contribution is 2.19. The molecule has 2 aromatic carbocycles. The van der Waals surface area contributed by atoms with Gasteiger partial charge in [0.2, 0.25) is 16.0 Å². The molecule has 0 bridgehead atoms. The van der Waals surface area contributed by atoms with Gasteiger partial charge in [0.25, 0.3) is 10.0 Å². The third kappa shape index (κ3) is 5.51. The number of hydrogen-bond acceptors (Lipinski definition) is 6. The van der Waals surface area contributed by atoms with E-state index in [0.29, 0.717) is 11.4 Å². The molecule has 3 aromatic rings. The van der Waals surface area contributed by atoms with Crippen LogP contribution >= 0.6 is 0 Å². The summed E-state index contributed by atoms with van der Waals surface area (Å²) in [7, 11) is -7.85. The number of aromatic nitrogens is 2. The van der Waals surface area contributed by atoms with Gasteiger partial charge in [0, 0.05) is 22.6 Å². The molecule has 0 amide bonds. The highest BCUT2D eigenvalue weighted by Gasteiger charge is 2.18. The number of halogens is 1. The molecule has 2 N–H and O–H groups in total. The van der Waals surface area contributed by atoms with Crippen LogP contribution in [0.1, 0.15) is 17.0 Å². The largest absolute Gasteiger partial charge is 0.283 e. The van der Waals surface area contributed by atoms with Crippen molar-refractivity contribution in [2.45, 2.75) is 24.5 Å². The van der Waals surface area contributed by atoms with Crippen LogP contribution in [0.5, 0.6) is 0 Å². The van der Waals surface area contributed by atoms with Crippen LogP contribution in [-0.4, -0.2) is 26.8 Å². The summed E-state index contributed by atoms with van der Waals surface area (Å²) in [5, 5.41) is 0. The predicted molar refractivity (Wildman–Crippen MR) is 111 cm³/mol. The van der Waals surface area contributed by atoms with Crippen LogP contribution in [0.25, 0.3) is 0 Å². The zero-order valence-corrected chi connectivity index (χ0v) is 17.8. The quantitative estimate of drug-likeness (QED) is 0.571. The fourth-order valence-electron chi connectivity index (χ4n) is 2.69. The van der Waals surface area contributed by atoms with Crippen molar-refractivity contribution in [3.8, 4) is 0 Å². The maximum absolute atomic E-state index is 13.7. The van der Waals surface area contributed by atoms with Crippen LogP contribution in [0.2, 0.25) is 0 Å². The van der Waals surface area contributed by atoms with Gasteiger partial charge >= 0.3 is 0 Å². The van der Waals surface area contributed by atoms with E-state index in [9.17, 15) is 21.2 Å². The summed E-state index contributed by atoms with van der Waals surface area (Å²) in [6.07, 6.45) is 0. The fraction of sp³-hybridized carbons (Fsp3) is 0.158. The van der Waals surface area contributed by atoms with Crippen LogP contribution in [0.3, 0.4) is 0 Å². The SMILES string of the molecule is Cc1cc(C)nc(NS(=O)(=O)c2ccc(NS(=O)(=O)Cc3ccccc3F)cc2)n1. The molecule has 3 rings (SSSR count). The molecule has 1 aromatic heterocycles. The maximum atomic E-state index is 13.7. The van der Waals surface area contributed by atoms with Crippen molar-refractivity contribution in [1.82, 2.24) is 9.97 Å². The summed E-state index contributed by atoms with van der Waals surface area (Å²) in [5.41, 5.74) is 1.40. The minimum atomic E-state index is -3.96. The number of aryl methyl sites for hydroxylation is 2. The summed E-state index contributed by atoms with van der Waals surface area (Å²) in [6, 6.07) is 12.4. The lowest BCUT2D eigenvalue weighted by Crippen LogP contribution is -2.17. The van der Waals surface area contributed by atoms with Crippen LogP contribution in [0.4, 0.5) is 16.0 Å². The second-order valence-corrected chi connectivity index (χ2v) is 9.96. The highest BCUT2D eigenvalue weighted by molar-refractivity contribution is 7.92. The minimum absolute atomic E-state index is 0.0295. The van der Waals surface area contributed by atoms with Crippen molar-refractivity contribution in [3.05, 3.63) is 77.4 Å². The summed E-state index contributed by atoms with van der Waals surface area (Å²) in [5.74, 6) is -1.23. The van der Waals surface area contributed by atoms with Crippen LogP contribution in [0.15, 0.2) is 59.5 Å². The first-order valence-corrected chi connectivity index (χ1v) is 11.9. The van der Waals surface area contributed by atoms with Gasteiger partial charge < -0.3 is 0 Å². The van der Waals surface area contributed by atoms with E-state index in [1.807, 2.05) is 0 Å². The molecule has 0 aliphatic heterocycles. The summed E-state index contributed by atoms with van der Waals surface area (Å²) >= 11 is 0. The van der Waals surface area contributed by atoms with Crippen molar-refractivity contribution in [2.24, 2.45) is 0 Å². The van der Waals surface area contributed by atoms with Crippen molar-refractivity contribution in [1.29, 1.82) is 0 Å². The lowest BCUT2D eigenvalue weighted by atomic mass is 10.2. The summed E-state index contributed by atoms with van der Waals surface area (Å²) in [6.45, 7) is 3.43. The lowest BCUT2D eigenvalue weighted by molar-refractivity contribution is 0.591. The van der Waals surface area contributed by atoms with Crippen LogP contribution in [0, 0.1) is 19.7 Å². The first-order valence-electron chi connectivity index (χ1n) is 8.73. The Kier molecular flexibility index (Phi) is 6.04. The smallest absolute Gasteiger partial charge is 0.264 e. The van der Waals surface area contributed by atoms with Gasteiger partial charge in [0.05, 0.1) is 10.6 Å². The van der Waals surface area contributed by atoms with Crippen molar-refractivity contribution >= 4 is 31.7 Å². The third-order valence-electron chi connectivity index (χ3n) is 3.95. The van der Waals surface area contributed by atoms with E-state index in [-0.39, 0.29) is 22.1 Å². The molecule has 0 radical (unpaired) electrons. The lowest BCUT2D eigenvalue weighted by Gasteiger charge is -2.11. The van der Waals surface area contributed by atoms with E-state index < -0.39 is 31.6 Å². The standard InChI is InChI=1S/C19H19FN4O4S2/c1-13-11-14(2)22-19(21-13)24-30(27,28)17-9-7-16(8-10-17)23-29(25,26)12-15-5-3-4-6-18(15)20/h3-11,23H,12H2,1-2H3,(H,21,22,24). The molecule has 11 heteroatoms. The zero-order valence-electron chi connectivity index (χ0n) is 16.1. The second kappa shape index (κ2) is 8.36. The number of nitrogens with zero attached hydrogens (tertiary/aromatic N) is 2. The highest BCUT2D eigenvalue weighted by atomic mass is 32.2. The molecule has 0 aliphatic carbocycles.